The Labute approximate surface area is 113 Å². The zero-order chi connectivity index (χ0) is 14.5. The summed E-state index contributed by atoms with van der Waals surface area (Å²) in [6.07, 6.45) is 1.36. The van der Waals surface area contributed by atoms with Gasteiger partial charge in [-0.2, -0.15) is 5.10 Å². The molecule has 1 aliphatic rings. The minimum absolute atomic E-state index is 0.176. The number of carboxylic acid groups (broad SMARTS) is 1. The zero-order valence-electron chi connectivity index (χ0n) is 10.7. The first kappa shape index (κ1) is 12.8. The largest absolute Gasteiger partial charge is 0.478 e. The predicted octanol–water partition coefficient (Wildman–Crippen LogP) is 3.14. The Morgan fingerprint density at radius 1 is 1.45 bits per heavy atom. The van der Waals surface area contributed by atoms with Crippen LogP contribution >= 0.6 is 0 Å². The molecule has 1 aromatic heterocycles. The van der Waals surface area contributed by atoms with Crippen LogP contribution in [0.15, 0.2) is 30.5 Å². The van der Waals surface area contributed by atoms with Gasteiger partial charge in [0.05, 0.1) is 11.3 Å². The van der Waals surface area contributed by atoms with Crippen molar-refractivity contribution in [3.8, 4) is 11.3 Å². The number of benzene rings is 1. The first-order valence-electron chi connectivity index (χ1n) is 6.16. The number of carbonyl (C=O) groups is 1. The fourth-order valence-corrected chi connectivity index (χ4v) is 2.23. The molecule has 0 radical (unpaired) electrons. The van der Waals surface area contributed by atoms with Gasteiger partial charge in [-0.15, -0.1) is 0 Å². The minimum Gasteiger partial charge on any atom is -0.478 e. The van der Waals surface area contributed by atoms with E-state index >= 15 is 0 Å². The number of rotatable bonds is 3. The maximum atomic E-state index is 13.0. The molecule has 1 fully saturated rings. The Bertz CT molecular complexity index is 694. The maximum Gasteiger partial charge on any atom is 0.335 e. The molecule has 1 atom stereocenters. The van der Waals surface area contributed by atoms with Crippen LogP contribution in [0.3, 0.4) is 0 Å². The van der Waals surface area contributed by atoms with E-state index in [0.717, 1.165) is 11.1 Å². The molecule has 20 heavy (non-hydrogen) atoms. The number of carboxylic acids is 1. The molecule has 0 aliphatic heterocycles. The van der Waals surface area contributed by atoms with E-state index in [1.165, 1.54) is 16.9 Å². The molecule has 1 heterocycles. The van der Waals surface area contributed by atoms with Gasteiger partial charge in [0, 0.05) is 18.2 Å². The quantitative estimate of drug-likeness (QED) is 0.938. The van der Waals surface area contributed by atoms with Crippen LogP contribution in [0.4, 0.5) is 8.78 Å². The van der Waals surface area contributed by atoms with Crippen molar-refractivity contribution < 1.29 is 18.7 Å². The summed E-state index contributed by atoms with van der Waals surface area (Å²) in [6, 6.07) is 5.49. The van der Waals surface area contributed by atoms with Crippen LogP contribution in [0.25, 0.3) is 11.3 Å². The van der Waals surface area contributed by atoms with Crippen molar-refractivity contribution in [2.75, 3.05) is 0 Å². The lowest BCUT2D eigenvalue weighted by Gasteiger charge is -2.04. The second kappa shape index (κ2) is 4.13. The smallest absolute Gasteiger partial charge is 0.335 e. The first-order chi connectivity index (χ1) is 9.38. The summed E-state index contributed by atoms with van der Waals surface area (Å²) in [5, 5.41) is 13.1. The van der Waals surface area contributed by atoms with E-state index in [1.54, 1.807) is 25.1 Å². The summed E-state index contributed by atoms with van der Waals surface area (Å²) in [5.41, 5.74) is 2.26. The Morgan fingerprint density at radius 3 is 2.70 bits per heavy atom. The third kappa shape index (κ3) is 2.07. The van der Waals surface area contributed by atoms with Crippen LogP contribution in [-0.2, 0) is 0 Å². The van der Waals surface area contributed by atoms with Crippen LogP contribution in [-0.4, -0.2) is 26.8 Å². The van der Waals surface area contributed by atoms with Crippen molar-refractivity contribution in [1.29, 1.82) is 0 Å². The zero-order valence-corrected chi connectivity index (χ0v) is 10.7. The first-order valence-corrected chi connectivity index (χ1v) is 6.16. The summed E-state index contributed by atoms with van der Waals surface area (Å²) in [7, 11) is 0. The van der Waals surface area contributed by atoms with Crippen molar-refractivity contribution in [2.45, 2.75) is 25.3 Å². The van der Waals surface area contributed by atoms with E-state index in [0.29, 0.717) is 5.69 Å². The van der Waals surface area contributed by atoms with E-state index in [4.69, 9.17) is 5.11 Å². The highest BCUT2D eigenvalue weighted by molar-refractivity contribution is 5.88. The predicted molar refractivity (Wildman–Crippen MR) is 68.0 cm³/mol. The average molecular weight is 278 g/mol. The Morgan fingerprint density at radius 2 is 2.15 bits per heavy atom. The molecular weight excluding hydrogens is 266 g/mol. The maximum absolute atomic E-state index is 13.0. The molecule has 3 rings (SSSR count). The highest BCUT2D eigenvalue weighted by Gasteiger charge is 2.59. The molecule has 1 saturated carbocycles. The van der Waals surface area contributed by atoms with Gasteiger partial charge in [-0.05, 0) is 30.7 Å². The summed E-state index contributed by atoms with van der Waals surface area (Å²) < 4.78 is 27.3. The van der Waals surface area contributed by atoms with Gasteiger partial charge in [-0.3, -0.25) is 4.68 Å². The fourth-order valence-electron chi connectivity index (χ4n) is 2.23. The lowest BCUT2D eigenvalue weighted by atomic mass is 10.0. The molecule has 0 bridgehead atoms. The van der Waals surface area contributed by atoms with Crippen LogP contribution in [0.1, 0.15) is 28.4 Å². The Balaban J connectivity index is 1.92. The lowest BCUT2D eigenvalue weighted by Crippen LogP contribution is -2.03. The third-order valence-corrected chi connectivity index (χ3v) is 3.47. The second-order valence-corrected chi connectivity index (χ2v) is 5.00. The molecule has 0 spiro atoms. The molecule has 0 saturated heterocycles. The summed E-state index contributed by atoms with van der Waals surface area (Å²) >= 11 is 0. The standard InChI is InChI=1S/C14H12F2N2O2/c1-8-6-9(13(19)20)2-3-10(8)11-4-5-18(17-11)12-7-14(12,15)16/h2-6,12H,7H2,1H3,(H,19,20). The molecule has 104 valence electrons. The molecule has 1 aliphatic carbocycles. The Kier molecular flexibility index (Phi) is 2.64. The molecule has 2 aromatic rings. The van der Waals surface area contributed by atoms with Gasteiger partial charge in [0.25, 0.3) is 5.92 Å². The normalized spacial score (nSPS) is 19.9. The average Bonchev–Trinajstić information content (AvgIpc) is 2.82. The molecule has 1 aromatic carbocycles. The number of aryl methyl sites for hydroxylation is 1. The van der Waals surface area contributed by atoms with E-state index in [1.807, 2.05) is 0 Å². The van der Waals surface area contributed by atoms with Gasteiger partial charge in [0.15, 0.2) is 0 Å². The highest BCUT2D eigenvalue weighted by Crippen LogP contribution is 2.52. The van der Waals surface area contributed by atoms with Crippen molar-refractivity contribution in [2.24, 2.45) is 0 Å². The van der Waals surface area contributed by atoms with E-state index in [9.17, 15) is 13.6 Å². The van der Waals surface area contributed by atoms with Crippen LogP contribution in [0, 0.1) is 6.92 Å². The molecule has 1 N–H and O–H groups in total. The molecule has 4 nitrogen and oxygen atoms in total. The van der Waals surface area contributed by atoms with E-state index in [2.05, 4.69) is 5.10 Å². The van der Waals surface area contributed by atoms with E-state index in [-0.39, 0.29) is 12.0 Å². The van der Waals surface area contributed by atoms with Crippen molar-refractivity contribution >= 4 is 5.97 Å². The van der Waals surface area contributed by atoms with Gasteiger partial charge in [0.2, 0.25) is 0 Å². The van der Waals surface area contributed by atoms with Crippen molar-refractivity contribution in [3.63, 3.8) is 0 Å². The van der Waals surface area contributed by atoms with E-state index < -0.39 is 17.9 Å². The van der Waals surface area contributed by atoms with Gasteiger partial charge in [-0.25, -0.2) is 13.6 Å². The minimum atomic E-state index is -2.66. The van der Waals surface area contributed by atoms with Gasteiger partial charge >= 0.3 is 5.97 Å². The summed E-state index contributed by atoms with van der Waals surface area (Å²) in [5.74, 6) is -3.66. The summed E-state index contributed by atoms with van der Waals surface area (Å²) in [6.45, 7) is 1.77. The van der Waals surface area contributed by atoms with Crippen molar-refractivity contribution in [1.82, 2.24) is 9.78 Å². The lowest BCUT2D eigenvalue weighted by molar-refractivity contribution is 0.0696. The topological polar surface area (TPSA) is 55.1 Å². The van der Waals surface area contributed by atoms with Crippen LogP contribution < -0.4 is 0 Å². The SMILES string of the molecule is Cc1cc(C(=O)O)ccc1-c1ccn(C2CC2(F)F)n1. The monoisotopic (exact) mass is 278 g/mol. The molecule has 0 amide bonds. The Hall–Kier alpha value is -2.24. The van der Waals surface area contributed by atoms with Crippen LogP contribution in [0.5, 0.6) is 0 Å². The third-order valence-electron chi connectivity index (χ3n) is 3.47. The number of halogens is 2. The number of aromatic carboxylic acids is 1. The van der Waals surface area contributed by atoms with Gasteiger partial charge in [-0.1, -0.05) is 6.07 Å². The molecular formula is C14H12F2N2O2. The van der Waals surface area contributed by atoms with Crippen molar-refractivity contribution in [3.05, 3.63) is 41.6 Å². The van der Waals surface area contributed by atoms with Gasteiger partial charge in [0.1, 0.15) is 6.04 Å². The van der Waals surface area contributed by atoms with Gasteiger partial charge < -0.3 is 5.11 Å². The summed E-state index contributed by atoms with van der Waals surface area (Å²) in [4.78, 5) is 10.9. The number of aromatic nitrogens is 2. The molecule has 1 unspecified atom stereocenters. The number of nitrogens with zero attached hydrogens (tertiary/aromatic N) is 2. The fraction of sp³-hybridized carbons (Fsp3) is 0.286. The molecule has 6 heteroatoms. The highest BCUT2D eigenvalue weighted by atomic mass is 19.3. The van der Waals surface area contributed by atoms with Crippen LogP contribution in [0.2, 0.25) is 0 Å². The number of alkyl halides is 2. The number of hydrogen-bond acceptors (Lipinski definition) is 2. The number of hydrogen-bond donors (Lipinski definition) is 1. The second-order valence-electron chi connectivity index (χ2n) is 5.00.